The fourth-order valence-corrected chi connectivity index (χ4v) is 1.80. The van der Waals surface area contributed by atoms with Gasteiger partial charge in [-0.2, -0.15) is 13.2 Å². The minimum atomic E-state index is -4.22. The van der Waals surface area contributed by atoms with E-state index in [0.29, 0.717) is 17.5 Å². The van der Waals surface area contributed by atoms with Crippen molar-refractivity contribution in [2.75, 3.05) is 23.8 Å². The van der Waals surface area contributed by atoms with Crippen LogP contribution in [0.25, 0.3) is 0 Å². The molecular formula is C11H15F3N4. The largest absolute Gasteiger partial charge is 0.405 e. The number of aryl methyl sites for hydroxylation is 1. The lowest BCUT2D eigenvalue weighted by Crippen LogP contribution is -2.36. The number of nitrogens with one attached hydrogen (secondary N) is 1. The van der Waals surface area contributed by atoms with E-state index in [9.17, 15) is 13.2 Å². The van der Waals surface area contributed by atoms with Crippen LogP contribution in [0, 0.1) is 6.92 Å². The second-order valence-corrected chi connectivity index (χ2v) is 4.38. The van der Waals surface area contributed by atoms with Gasteiger partial charge in [0.2, 0.25) is 0 Å². The summed E-state index contributed by atoms with van der Waals surface area (Å²) < 4.78 is 37.7. The minimum absolute atomic E-state index is 0.0503. The summed E-state index contributed by atoms with van der Waals surface area (Å²) in [6.45, 7) is 0.709. The minimum Gasteiger partial charge on any atom is -0.373 e. The fourth-order valence-electron chi connectivity index (χ4n) is 1.80. The molecule has 1 aliphatic rings. The summed E-state index contributed by atoms with van der Waals surface area (Å²) >= 11 is 0. The molecule has 0 saturated heterocycles. The quantitative estimate of drug-likeness (QED) is 0.902. The van der Waals surface area contributed by atoms with Gasteiger partial charge < -0.3 is 10.2 Å². The molecular weight excluding hydrogens is 245 g/mol. The van der Waals surface area contributed by atoms with Crippen molar-refractivity contribution in [3.8, 4) is 0 Å². The van der Waals surface area contributed by atoms with E-state index in [1.807, 2.05) is 0 Å². The zero-order chi connectivity index (χ0) is 13.3. The van der Waals surface area contributed by atoms with Crippen molar-refractivity contribution in [2.45, 2.75) is 32.0 Å². The molecule has 18 heavy (non-hydrogen) atoms. The van der Waals surface area contributed by atoms with Crippen molar-refractivity contribution in [3.63, 3.8) is 0 Å². The Balaban J connectivity index is 2.27. The monoisotopic (exact) mass is 260 g/mol. The summed E-state index contributed by atoms with van der Waals surface area (Å²) in [5.41, 5.74) is 0. The molecule has 0 spiro atoms. The molecule has 1 aliphatic carbocycles. The van der Waals surface area contributed by atoms with Crippen molar-refractivity contribution in [2.24, 2.45) is 0 Å². The van der Waals surface area contributed by atoms with E-state index in [4.69, 9.17) is 0 Å². The highest BCUT2D eigenvalue weighted by atomic mass is 19.4. The second kappa shape index (κ2) is 4.62. The van der Waals surface area contributed by atoms with Crippen LogP contribution in [0.2, 0.25) is 0 Å². The predicted molar refractivity (Wildman–Crippen MR) is 62.7 cm³/mol. The Hall–Kier alpha value is -1.53. The molecule has 0 aromatic carbocycles. The van der Waals surface area contributed by atoms with Crippen molar-refractivity contribution in [3.05, 3.63) is 11.9 Å². The molecule has 4 nitrogen and oxygen atoms in total. The molecule has 0 amide bonds. The Morgan fingerprint density at radius 3 is 2.56 bits per heavy atom. The van der Waals surface area contributed by atoms with Gasteiger partial charge >= 0.3 is 6.18 Å². The van der Waals surface area contributed by atoms with Gasteiger partial charge in [0.05, 0.1) is 0 Å². The van der Waals surface area contributed by atoms with Gasteiger partial charge in [-0.25, -0.2) is 9.97 Å². The maximum absolute atomic E-state index is 12.6. The van der Waals surface area contributed by atoms with Crippen molar-refractivity contribution in [1.82, 2.24) is 9.97 Å². The van der Waals surface area contributed by atoms with Gasteiger partial charge in [-0.05, 0) is 19.8 Å². The molecule has 0 aliphatic heterocycles. The van der Waals surface area contributed by atoms with E-state index in [1.54, 1.807) is 20.0 Å². The van der Waals surface area contributed by atoms with Crippen molar-refractivity contribution in [1.29, 1.82) is 0 Å². The molecule has 0 bridgehead atoms. The number of hydrogen-bond acceptors (Lipinski definition) is 4. The maximum atomic E-state index is 12.6. The van der Waals surface area contributed by atoms with Crippen molar-refractivity contribution < 1.29 is 13.2 Å². The molecule has 7 heteroatoms. The number of rotatable bonds is 4. The van der Waals surface area contributed by atoms with Crippen LogP contribution in [-0.4, -0.2) is 35.8 Å². The summed E-state index contributed by atoms with van der Waals surface area (Å²) in [7, 11) is 1.68. The lowest BCUT2D eigenvalue weighted by Gasteiger charge is -2.25. The maximum Gasteiger partial charge on any atom is 0.405 e. The molecule has 1 saturated carbocycles. The number of halogens is 3. The Kier molecular flexibility index (Phi) is 3.32. The molecule has 0 unspecified atom stereocenters. The highest BCUT2D eigenvalue weighted by Crippen LogP contribution is 2.34. The van der Waals surface area contributed by atoms with Gasteiger partial charge in [0.15, 0.2) is 0 Å². The van der Waals surface area contributed by atoms with Gasteiger partial charge in [0, 0.05) is 19.2 Å². The topological polar surface area (TPSA) is 41.0 Å². The van der Waals surface area contributed by atoms with E-state index < -0.39 is 12.7 Å². The van der Waals surface area contributed by atoms with E-state index in [2.05, 4.69) is 15.3 Å². The normalized spacial score (nSPS) is 15.6. The van der Waals surface area contributed by atoms with E-state index in [0.717, 1.165) is 12.8 Å². The average Bonchev–Trinajstić information content (AvgIpc) is 3.07. The second-order valence-electron chi connectivity index (χ2n) is 4.38. The zero-order valence-corrected chi connectivity index (χ0v) is 10.3. The number of aromatic nitrogens is 2. The third-order valence-corrected chi connectivity index (χ3v) is 2.71. The first-order chi connectivity index (χ1) is 8.39. The average molecular weight is 260 g/mol. The van der Waals surface area contributed by atoms with Crippen LogP contribution in [0.15, 0.2) is 6.07 Å². The summed E-state index contributed by atoms with van der Waals surface area (Å²) in [5, 5.41) is 2.83. The van der Waals surface area contributed by atoms with E-state index >= 15 is 0 Å². The number of nitrogens with zero attached hydrogens (tertiary/aromatic N) is 3. The molecule has 0 radical (unpaired) electrons. The molecule has 1 fully saturated rings. The fraction of sp³-hybridized carbons (Fsp3) is 0.636. The van der Waals surface area contributed by atoms with Crippen LogP contribution in [-0.2, 0) is 0 Å². The number of anilines is 2. The highest BCUT2D eigenvalue weighted by Gasteiger charge is 2.39. The molecule has 1 aromatic heterocycles. The first-order valence-corrected chi connectivity index (χ1v) is 5.76. The summed E-state index contributed by atoms with van der Waals surface area (Å²) in [6, 6.07) is 1.50. The van der Waals surface area contributed by atoms with Crippen molar-refractivity contribution >= 4 is 11.6 Å². The summed E-state index contributed by atoms with van der Waals surface area (Å²) in [4.78, 5) is 9.50. The Morgan fingerprint density at radius 1 is 1.39 bits per heavy atom. The standard InChI is InChI=1S/C11H15F3N4/c1-7-16-9(15-2)5-10(17-7)18(8-3-4-8)6-11(12,13)14/h5,8H,3-4,6H2,1-2H3,(H,15,16,17). The molecule has 1 N–H and O–H groups in total. The predicted octanol–water partition coefficient (Wildman–Crippen LogP) is 2.36. The lowest BCUT2D eigenvalue weighted by molar-refractivity contribution is -0.120. The number of alkyl halides is 3. The van der Waals surface area contributed by atoms with Gasteiger partial charge in [0.1, 0.15) is 24.0 Å². The van der Waals surface area contributed by atoms with Gasteiger partial charge in [-0.3, -0.25) is 0 Å². The van der Waals surface area contributed by atoms with E-state index in [-0.39, 0.29) is 6.04 Å². The smallest absolute Gasteiger partial charge is 0.373 e. The lowest BCUT2D eigenvalue weighted by atomic mass is 10.4. The van der Waals surface area contributed by atoms with Gasteiger partial charge in [-0.1, -0.05) is 0 Å². The SMILES string of the molecule is CNc1cc(N(CC(F)(F)F)C2CC2)nc(C)n1. The third kappa shape index (κ3) is 3.24. The van der Waals surface area contributed by atoms with Crippen LogP contribution in [0.5, 0.6) is 0 Å². The van der Waals surface area contributed by atoms with Crippen LogP contribution in [0.4, 0.5) is 24.8 Å². The van der Waals surface area contributed by atoms with Crippen LogP contribution in [0.1, 0.15) is 18.7 Å². The molecule has 2 rings (SSSR count). The highest BCUT2D eigenvalue weighted by molar-refractivity contribution is 5.50. The van der Waals surface area contributed by atoms with Crippen LogP contribution >= 0.6 is 0 Å². The molecule has 100 valence electrons. The molecule has 1 aromatic rings. The van der Waals surface area contributed by atoms with Gasteiger partial charge in [0.25, 0.3) is 0 Å². The Labute approximate surface area is 103 Å². The molecule has 0 atom stereocenters. The first kappa shape index (κ1) is 12.9. The van der Waals surface area contributed by atoms with E-state index in [1.165, 1.54) is 4.90 Å². The van der Waals surface area contributed by atoms with Gasteiger partial charge in [-0.15, -0.1) is 0 Å². The molecule has 1 heterocycles. The van der Waals surface area contributed by atoms with Crippen LogP contribution in [0.3, 0.4) is 0 Å². The number of hydrogen-bond donors (Lipinski definition) is 1. The summed E-state index contributed by atoms with van der Waals surface area (Å²) in [6.07, 6.45) is -2.65. The summed E-state index contributed by atoms with van der Waals surface area (Å²) in [5.74, 6) is 1.33. The first-order valence-electron chi connectivity index (χ1n) is 5.76. The zero-order valence-electron chi connectivity index (χ0n) is 10.3. The Bertz CT molecular complexity index is 429. The van der Waals surface area contributed by atoms with Crippen LogP contribution < -0.4 is 10.2 Å². The third-order valence-electron chi connectivity index (χ3n) is 2.71. The Morgan fingerprint density at radius 2 is 2.06 bits per heavy atom.